The maximum absolute atomic E-state index is 12.3. The van der Waals surface area contributed by atoms with Gasteiger partial charge in [-0.05, 0) is 44.0 Å². The summed E-state index contributed by atoms with van der Waals surface area (Å²) in [6.45, 7) is 7.33. The van der Waals surface area contributed by atoms with Gasteiger partial charge in [0, 0.05) is 5.75 Å². The summed E-state index contributed by atoms with van der Waals surface area (Å²) in [5.74, 6) is 2.85. The van der Waals surface area contributed by atoms with E-state index < -0.39 is 0 Å². The third kappa shape index (κ3) is 4.94. The van der Waals surface area contributed by atoms with Gasteiger partial charge in [0.1, 0.15) is 13.2 Å². The summed E-state index contributed by atoms with van der Waals surface area (Å²) in [4.78, 5) is 12.3. The molecule has 0 bridgehead atoms. The molecule has 1 aliphatic heterocycles. The van der Waals surface area contributed by atoms with Crippen LogP contribution in [0.1, 0.15) is 35.2 Å². The number of amides is 1. The lowest BCUT2D eigenvalue weighted by molar-refractivity contribution is -0.119. The minimum Gasteiger partial charge on any atom is -0.486 e. The predicted octanol–water partition coefficient (Wildman–Crippen LogP) is 4.19. The van der Waals surface area contributed by atoms with Gasteiger partial charge in [0.15, 0.2) is 11.5 Å². The van der Waals surface area contributed by atoms with Crippen molar-refractivity contribution in [1.82, 2.24) is 5.32 Å². The van der Waals surface area contributed by atoms with Crippen LogP contribution < -0.4 is 14.8 Å². The van der Waals surface area contributed by atoms with E-state index in [1.807, 2.05) is 25.1 Å². The lowest BCUT2D eigenvalue weighted by Crippen LogP contribution is -2.28. The molecule has 0 aliphatic carbocycles. The van der Waals surface area contributed by atoms with Crippen molar-refractivity contribution < 1.29 is 14.3 Å². The summed E-state index contributed by atoms with van der Waals surface area (Å²) in [5.41, 5.74) is 4.80. The van der Waals surface area contributed by atoms with Gasteiger partial charge in [0.05, 0.1) is 11.8 Å². The van der Waals surface area contributed by atoms with E-state index in [1.165, 1.54) is 16.7 Å². The van der Waals surface area contributed by atoms with E-state index in [1.54, 1.807) is 11.8 Å². The highest BCUT2D eigenvalue weighted by Crippen LogP contribution is 2.32. The van der Waals surface area contributed by atoms with Crippen molar-refractivity contribution in [2.24, 2.45) is 0 Å². The Kier molecular flexibility index (Phi) is 6.09. The fraction of sp³-hybridized carbons (Fsp3) is 0.381. The van der Waals surface area contributed by atoms with Crippen LogP contribution in [0.2, 0.25) is 0 Å². The van der Waals surface area contributed by atoms with Crippen LogP contribution in [0.25, 0.3) is 0 Å². The molecule has 0 saturated carbocycles. The number of fused-ring (bicyclic) bond motifs is 1. The number of hydrogen-bond acceptors (Lipinski definition) is 4. The number of nitrogens with one attached hydrogen (secondary N) is 1. The smallest absolute Gasteiger partial charge is 0.230 e. The Labute approximate surface area is 159 Å². The predicted molar refractivity (Wildman–Crippen MR) is 106 cm³/mol. The molecule has 1 atom stereocenters. The van der Waals surface area contributed by atoms with Gasteiger partial charge in [0.2, 0.25) is 5.91 Å². The molecule has 2 aromatic rings. The maximum Gasteiger partial charge on any atom is 0.230 e. The normalized spacial score (nSPS) is 14.0. The van der Waals surface area contributed by atoms with Crippen LogP contribution in [0, 0.1) is 13.8 Å². The topological polar surface area (TPSA) is 47.6 Å². The highest BCUT2D eigenvalue weighted by molar-refractivity contribution is 7.99. The SMILES string of the molecule is Cc1cc(C)cc(CSCC(=O)N[C@@H](C)c2ccc3c(c2)OCCO3)c1. The van der Waals surface area contributed by atoms with Crippen LogP contribution in [-0.2, 0) is 10.5 Å². The standard InChI is InChI=1S/C21H25NO3S/c1-14-8-15(2)10-17(9-14)12-26-13-21(23)22-16(3)18-4-5-19-20(11-18)25-7-6-24-19/h4-5,8-11,16H,6-7,12-13H2,1-3H3,(H,22,23)/t16-/m0/s1. The number of carbonyl (C=O) groups excluding carboxylic acids is 1. The first-order valence-electron chi connectivity index (χ1n) is 8.85. The molecule has 0 saturated heterocycles. The number of benzene rings is 2. The summed E-state index contributed by atoms with van der Waals surface area (Å²) in [7, 11) is 0. The molecule has 4 nitrogen and oxygen atoms in total. The highest BCUT2D eigenvalue weighted by atomic mass is 32.2. The average molecular weight is 372 g/mol. The van der Waals surface area contributed by atoms with Gasteiger partial charge < -0.3 is 14.8 Å². The first-order valence-corrected chi connectivity index (χ1v) is 10.0. The van der Waals surface area contributed by atoms with Crippen molar-refractivity contribution in [3.05, 3.63) is 58.7 Å². The Bertz CT molecular complexity index is 771. The van der Waals surface area contributed by atoms with Crippen molar-refractivity contribution >= 4 is 17.7 Å². The number of thioether (sulfide) groups is 1. The molecule has 1 heterocycles. The minimum atomic E-state index is -0.0693. The van der Waals surface area contributed by atoms with Crippen molar-refractivity contribution in [3.8, 4) is 11.5 Å². The fourth-order valence-electron chi connectivity index (χ4n) is 3.11. The molecule has 2 aromatic carbocycles. The number of hydrogen-bond donors (Lipinski definition) is 1. The molecule has 1 N–H and O–H groups in total. The summed E-state index contributed by atoms with van der Waals surface area (Å²) in [5, 5.41) is 3.06. The molecule has 0 aromatic heterocycles. The quantitative estimate of drug-likeness (QED) is 0.827. The van der Waals surface area contributed by atoms with Gasteiger partial charge in [-0.1, -0.05) is 35.4 Å². The number of ether oxygens (including phenoxy) is 2. The van der Waals surface area contributed by atoms with Crippen LogP contribution in [0.5, 0.6) is 11.5 Å². The highest BCUT2D eigenvalue weighted by Gasteiger charge is 2.15. The molecular formula is C21H25NO3S. The van der Waals surface area contributed by atoms with Crippen molar-refractivity contribution in [1.29, 1.82) is 0 Å². The first-order chi connectivity index (χ1) is 12.5. The average Bonchev–Trinajstić information content (AvgIpc) is 2.60. The second-order valence-electron chi connectivity index (χ2n) is 6.68. The maximum atomic E-state index is 12.3. The van der Waals surface area contributed by atoms with E-state index in [-0.39, 0.29) is 11.9 Å². The van der Waals surface area contributed by atoms with Gasteiger partial charge in [-0.15, -0.1) is 11.8 Å². The summed E-state index contributed by atoms with van der Waals surface area (Å²) in [6, 6.07) is 12.3. The van der Waals surface area contributed by atoms with E-state index in [2.05, 4.69) is 37.4 Å². The van der Waals surface area contributed by atoms with E-state index in [4.69, 9.17) is 9.47 Å². The van der Waals surface area contributed by atoms with Crippen molar-refractivity contribution in [2.75, 3.05) is 19.0 Å². The third-order valence-electron chi connectivity index (χ3n) is 4.23. The number of rotatable bonds is 6. The monoisotopic (exact) mass is 371 g/mol. The van der Waals surface area contributed by atoms with Crippen LogP contribution in [0.15, 0.2) is 36.4 Å². The lowest BCUT2D eigenvalue weighted by Gasteiger charge is -2.21. The van der Waals surface area contributed by atoms with Gasteiger partial charge in [-0.25, -0.2) is 0 Å². The molecular weight excluding hydrogens is 346 g/mol. The first kappa shape index (κ1) is 18.6. The molecule has 0 spiro atoms. The Morgan fingerprint density at radius 2 is 1.77 bits per heavy atom. The summed E-state index contributed by atoms with van der Waals surface area (Å²) >= 11 is 1.64. The zero-order valence-electron chi connectivity index (χ0n) is 15.5. The van der Waals surface area contributed by atoms with Gasteiger partial charge in [0.25, 0.3) is 0 Å². The Morgan fingerprint density at radius 1 is 1.08 bits per heavy atom. The van der Waals surface area contributed by atoms with Crippen LogP contribution in [0.3, 0.4) is 0 Å². The number of aryl methyl sites for hydroxylation is 2. The Morgan fingerprint density at radius 3 is 2.50 bits per heavy atom. The van der Waals surface area contributed by atoms with Crippen LogP contribution in [0.4, 0.5) is 0 Å². The van der Waals surface area contributed by atoms with Gasteiger partial charge in [-0.3, -0.25) is 4.79 Å². The fourth-order valence-corrected chi connectivity index (χ4v) is 3.88. The second-order valence-corrected chi connectivity index (χ2v) is 7.67. The number of carbonyl (C=O) groups is 1. The lowest BCUT2D eigenvalue weighted by atomic mass is 10.1. The zero-order chi connectivity index (χ0) is 18.5. The largest absolute Gasteiger partial charge is 0.486 e. The van der Waals surface area contributed by atoms with Gasteiger partial charge in [-0.2, -0.15) is 0 Å². The van der Waals surface area contributed by atoms with E-state index in [9.17, 15) is 4.79 Å². The third-order valence-corrected chi connectivity index (χ3v) is 5.23. The van der Waals surface area contributed by atoms with E-state index in [0.29, 0.717) is 19.0 Å². The van der Waals surface area contributed by atoms with Crippen LogP contribution in [-0.4, -0.2) is 24.9 Å². The minimum absolute atomic E-state index is 0.0433. The summed E-state index contributed by atoms with van der Waals surface area (Å²) < 4.78 is 11.1. The molecule has 1 amide bonds. The van der Waals surface area contributed by atoms with Crippen molar-refractivity contribution in [3.63, 3.8) is 0 Å². The van der Waals surface area contributed by atoms with Crippen LogP contribution >= 0.6 is 11.8 Å². The Balaban J connectivity index is 1.49. The van der Waals surface area contributed by atoms with Gasteiger partial charge >= 0.3 is 0 Å². The zero-order valence-corrected chi connectivity index (χ0v) is 16.3. The van der Waals surface area contributed by atoms with E-state index >= 15 is 0 Å². The summed E-state index contributed by atoms with van der Waals surface area (Å²) in [6.07, 6.45) is 0. The molecule has 26 heavy (non-hydrogen) atoms. The molecule has 0 fully saturated rings. The molecule has 3 rings (SSSR count). The second kappa shape index (κ2) is 8.49. The molecule has 0 unspecified atom stereocenters. The van der Waals surface area contributed by atoms with E-state index in [0.717, 1.165) is 22.8 Å². The molecule has 1 aliphatic rings. The molecule has 5 heteroatoms. The van der Waals surface area contributed by atoms with Crippen molar-refractivity contribution in [2.45, 2.75) is 32.6 Å². The molecule has 0 radical (unpaired) electrons. The molecule has 138 valence electrons. The Hall–Kier alpha value is -2.14.